The second-order valence-electron chi connectivity index (χ2n) is 3.35. The van der Waals surface area contributed by atoms with Crippen molar-refractivity contribution in [3.8, 4) is 0 Å². The number of nitro groups is 1. The van der Waals surface area contributed by atoms with Gasteiger partial charge in [0, 0.05) is 12.1 Å². The molecule has 0 unspecified atom stereocenters. The molecule has 0 heterocycles. The predicted molar refractivity (Wildman–Crippen MR) is 71.2 cm³/mol. The van der Waals surface area contributed by atoms with Gasteiger partial charge in [-0.3, -0.25) is 14.9 Å². The minimum absolute atomic E-state index is 0.0508. The summed E-state index contributed by atoms with van der Waals surface area (Å²) in [5, 5.41) is 10.5. The van der Waals surface area contributed by atoms with Gasteiger partial charge in [0.1, 0.15) is 3.92 Å². The monoisotopic (exact) mass is 349 g/mol. The SMILES string of the molecule is CCOC(=O)[C@@H](I)Cc1ccc([N+](=O)[O-])cc1. The number of carbonyl (C=O) groups excluding carboxylic acids is 1. The fourth-order valence-electron chi connectivity index (χ4n) is 1.28. The zero-order chi connectivity index (χ0) is 12.8. The van der Waals surface area contributed by atoms with Gasteiger partial charge in [-0.1, -0.05) is 34.7 Å². The number of carbonyl (C=O) groups is 1. The molecule has 0 radical (unpaired) electrons. The molecule has 0 N–H and O–H groups in total. The molecule has 0 aliphatic rings. The minimum atomic E-state index is -0.448. The number of hydrogen-bond donors (Lipinski definition) is 0. The number of benzene rings is 1. The van der Waals surface area contributed by atoms with Crippen molar-refractivity contribution in [2.75, 3.05) is 6.61 Å². The molecular weight excluding hydrogens is 337 g/mol. The van der Waals surface area contributed by atoms with Crippen LogP contribution < -0.4 is 0 Å². The Labute approximate surface area is 112 Å². The van der Waals surface area contributed by atoms with Crippen LogP contribution in [0.2, 0.25) is 0 Å². The lowest BCUT2D eigenvalue weighted by atomic mass is 10.1. The third-order valence-electron chi connectivity index (χ3n) is 2.10. The van der Waals surface area contributed by atoms with Gasteiger partial charge in [0.2, 0.25) is 0 Å². The molecule has 1 rings (SSSR count). The van der Waals surface area contributed by atoms with Crippen LogP contribution in [0.3, 0.4) is 0 Å². The highest BCUT2D eigenvalue weighted by Crippen LogP contribution is 2.16. The van der Waals surface area contributed by atoms with Crippen LogP contribution in [0, 0.1) is 10.1 Å². The van der Waals surface area contributed by atoms with Crippen molar-refractivity contribution in [1.82, 2.24) is 0 Å². The van der Waals surface area contributed by atoms with E-state index in [1.54, 1.807) is 19.1 Å². The highest BCUT2D eigenvalue weighted by Gasteiger charge is 2.16. The van der Waals surface area contributed by atoms with E-state index in [9.17, 15) is 14.9 Å². The molecule has 0 aromatic heterocycles. The van der Waals surface area contributed by atoms with E-state index in [0.717, 1.165) is 5.56 Å². The fourth-order valence-corrected chi connectivity index (χ4v) is 1.97. The van der Waals surface area contributed by atoms with Gasteiger partial charge >= 0.3 is 5.97 Å². The summed E-state index contributed by atoms with van der Waals surface area (Å²) in [4.78, 5) is 21.4. The number of esters is 1. The molecule has 0 aliphatic carbocycles. The first-order valence-electron chi connectivity index (χ1n) is 5.08. The van der Waals surface area contributed by atoms with Crippen LogP contribution in [0.1, 0.15) is 12.5 Å². The molecule has 0 saturated carbocycles. The van der Waals surface area contributed by atoms with E-state index in [1.807, 2.05) is 22.6 Å². The Balaban J connectivity index is 2.63. The van der Waals surface area contributed by atoms with E-state index in [2.05, 4.69) is 0 Å². The van der Waals surface area contributed by atoms with Gasteiger partial charge in [0.05, 0.1) is 11.5 Å². The zero-order valence-electron chi connectivity index (χ0n) is 9.26. The van der Waals surface area contributed by atoms with Gasteiger partial charge in [0.15, 0.2) is 0 Å². The van der Waals surface area contributed by atoms with E-state index in [-0.39, 0.29) is 15.6 Å². The normalized spacial score (nSPS) is 11.9. The first-order chi connectivity index (χ1) is 8.04. The lowest BCUT2D eigenvalue weighted by Crippen LogP contribution is -2.19. The highest BCUT2D eigenvalue weighted by atomic mass is 127. The van der Waals surface area contributed by atoms with Crippen LogP contribution in [0.15, 0.2) is 24.3 Å². The van der Waals surface area contributed by atoms with Gasteiger partial charge in [-0.25, -0.2) is 0 Å². The van der Waals surface area contributed by atoms with Crippen molar-refractivity contribution in [2.24, 2.45) is 0 Å². The lowest BCUT2D eigenvalue weighted by Gasteiger charge is -2.08. The molecule has 1 aromatic carbocycles. The number of hydrogen-bond acceptors (Lipinski definition) is 4. The van der Waals surface area contributed by atoms with Crippen molar-refractivity contribution in [3.63, 3.8) is 0 Å². The summed E-state index contributed by atoms with van der Waals surface area (Å²) in [5.74, 6) is -0.258. The second-order valence-corrected chi connectivity index (χ2v) is 4.85. The topological polar surface area (TPSA) is 69.4 Å². The number of rotatable bonds is 5. The average molecular weight is 349 g/mol. The summed E-state index contributed by atoms with van der Waals surface area (Å²) in [7, 11) is 0. The Morgan fingerprint density at radius 2 is 2.06 bits per heavy atom. The van der Waals surface area contributed by atoms with Crippen molar-refractivity contribution in [3.05, 3.63) is 39.9 Å². The molecule has 0 spiro atoms. The van der Waals surface area contributed by atoms with E-state index in [4.69, 9.17) is 4.74 Å². The molecule has 0 fully saturated rings. The molecule has 0 amide bonds. The van der Waals surface area contributed by atoms with Crippen molar-refractivity contribution in [1.29, 1.82) is 0 Å². The maximum absolute atomic E-state index is 11.4. The Kier molecular flexibility index (Phi) is 5.33. The summed E-state index contributed by atoms with van der Waals surface area (Å²) >= 11 is 2.01. The Morgan fingerprint density at radius 3 is 2.53 bits per heavy atom. The van der Waals surface area contributed by atoms with Crippen LogP contribution in [0.4, 0.5) is 5.69 Å². The summed E-state index contributed by atoms with van der Waals surface area (Å²) in [5.41, 5.74) is 0.929. The maximum atomic E-state index is 11.4. The smallest absolute Gasteiger partial charge is 0.319 e. The quantitative estimate of drug-likeness (QED) is 0.269. The maximum Gasteiger partial charge on any atom is 0.319 e. The molecular formula is C11H12INO4. The average Bonchev–Trinajstić information content (AvgIpc) is 2.30. The van der Waals surface area contributed by atoms with Crippen LogP contribution in [0.5, 0.6) is 0 Å². The third kappa shape index (κ3) is 4.29. The van der Waals surface area contributed by atoms with Crippen LogP contribution >= 0.6 is 22.6 Å². The Morgan fingerprint density at radius 1 is 1.47 bits per heavy atom. The standard InChI is InChI=1S/C11H12INO4/c1-2-17-11(14)10(12)7-8-3-5-9(6-4-8)13(15)16/h3-6,10H,2,7H2,1H3/t10-/m0/s1. The second kappa shape index (κ2) is 6.53. The third-order valence-corrected chi connectivity index (χ3v) is 3.05. The Hall–Kier alpha value is -1.18. The van der Waals surface area contributed by atoms with Gasteiger partial charge in [-0.2, -0.15) is 0 Å². The molecule has 1 atom stereocenters. The summed E-state index contributed by atoms with van der Waals surface area (Å²) < 4.78 is 4.61. The van der Waals surface area contributed by atoms with Crippen LogP contribution in [-0.2, 0) is 16.0 Å². The number of non-ortho nitro benzene ring substituents is 1. The van der Waals surface area contributed by atoms with E-state index >= 15 is 0 Å². The predicted octanol–water partition coefficient (Wildman–Crippen LogP) is 2.50. The van der Waals surface area contributed by atoms with Crippen molar-refractivity contribution in [2.45, 2.75) is 17.3 Å². The van der Waals surface area contributed by atoms with Crippen molar-refractivity contribution < 1.29 is 14.5 Å². The molecule has 6 heteroatoms. The summed E-state index contributed by atoms with van der Waals surface area (Å²) in [6.07, 6.45) is 0.511. The van der Waals surface area contributed by atoms with Crippen molar-refractivity contribution >= 4 is 34.2 Å². The number of alkyl halides is 1. The Bertz CT molecular complexity index is 404. The molecule has 0 bridgehead atoms. The molecule has 1 aromatic rings. The molecule has 0 saturated heterocycles. The molecule has 17 heavy (non-hydrogen) atoms. The van der Waals surface area contributed by atoms with Gasteiger partial charge in [-0.05, 0) is 18.9 Å². The van der Waals surface area contributed by atoms with Crippen LogP contribution in [0.25, 0.3) is 0 Å². The van der Waals surface area contributed by atoms with Gasteiger partial charge in [0.25, 0.3) is 5.69 Å². The van der Waals surface area contributed by atoms with Crippen LogP contribution in [-0.4, -0.2) is 21.4 Å². The number of halogens is 1. The first kappa shape index (κ1) is 13.9. The largest absolute Gasteiger partial charge is 0.465 e. The molecule has 0 aliphatic heterocycles. The van der Waals surface area contributed by atoms with E-state index in [0.29, 0.717) is 13.0 Å². The summed E-state index contributed by atoms with van der Waals surface area (Å²) in [6, 6.07) is 6.18. The van der Waals surface area contributed by atoms with E-state index in [1.165, 1.54) is 12.1 Å². The molecule has 92 valence electrons. The number of ether oxygens (including phenoxy) is 1. The van der Waals surface area contributed by atoms with E-state index < -0.39 is 4.92 Å². The number of nitro benzene ring substituents is 1. The lowest BCUT2D eigenvalue weighted by molar-refractivity contribution is -0.384. The van der Waals surface area contributed by atoms with Gasteiger partial charge < -0.3 is 4.74 Å². The first-order valence-corrected chi connectivity index (χ1v) is 6.33. The molecule has 5 nitrogen and oxygen atoms in total. The minimum Gasteiger partial charge on any atom is -0.465 e. The summed E-state index contributed by atoms with van der Waals surface area (Å²) in [6.45, 7) is 2.12. The zero-order valence-corrected chi connectivity index (χ0v) is 11.4. The number of nitrogens with zero attached hydrogens (tertiary/aromatic N) is 1. The van der Waals surface area contributed by atoms with Gasteiger partial charge in [-0.15, -0.1) is 0 Å². The fraction of sp³-hybridized carbons (Fsp3) is 0.364. The highest BCUT2D eigenvalue weighted by molar-refractivity contribution is 14.1.